The van der Waals surface area contributed by atoms with E-state index in [9.17, 15) is 0 Å². The Bertz CT molecular complexity index is 170. The molecule has 0 bridgehead atoms. The van der Waals surface area contributed by atoms with Gasteiger partial charge >= 0.3 is 0 Å². The van der Waals surface area contributed by atoms with Crippen LogP contribution in [0, 0.1) is 6.07 Å². The van der Waals surface area contributed by atoms with Gasteiger partial charge in [0.1, 0.15) is 9.21 Å². The zero-order valence-corrected chi connectivity index (χ0v) is 7.03. The molecule has 1 heterocycles. The Labute approximate surface area is 64.4 Å². The summed E-state index contributed by atoms with van der Waals surface area (Å²) in [7, 11) is 0. The van der Waals surface area contributed by atoms with E-state index in [4.69, 9.17) is 0 Å². The molecule has 41 valence electrons. The summed E-state index contributed by atoms with van der Waals surface area (Å²) in [5.74, 6) is 0. The standard InChI is InChI=1S/C5H2Br2N/c6-4-2-1-3-5(7)8-4/h2-3H. The second-order valence-corrected chi connectivity index (χ2v) is 2.84. The van der Waals surface area contributed by atoms with Gasteiger partial charge in [0.25, 0.3) is 0 Å². The van der Waals surface area contributed by atoms with Crippen molar-refractivity contribution in [3.63, 3.8) is 0 Å². The van der Waals surface area contributed by atoms with E-state index >= 15 is 0 Å². The minimum Gasteiger partial charge on any atom is -0.234 e. The summed E-state index contributed by atoms with van der Waals surface area (Å²) in [5.41, 5.74) is 0. The van der Waals surface area contributed by atoms with Crippen molar-refractivity contribution in [1.29, 1.82) is 0 Å². The van der Waals surface area contributed by atoms with E-state index in [-0.39, 0.29) is 0 Å². The molecule has 3 heteroatoms. The summed E-state index contributed by atoms with van der Waals surface area (Å²) in [4.78, 5) is 3.98. The predicted molar refractivity (Wildman–Crippen MR) is 38.5 cm³/mol. The van der Waals surface area contributed by atoms with E-state index in [0.29, 0.717) is 0 Å². The maximum absolute atomic E-state index is 3.98. The lowest BCUT2D eigenvalue weighted by Crippen LogP contribution is -1.72. The highest BCUT2D eigenvalue weighted by Gasteiger charge is 1.86. The molecule has 0 unspecified atom stereocenters. The van der Waals surface area contributed by atoms with Crippen LogP contribution in [0.2, 0.25) is 0 Å². The van der Waals surface area contributed by atoms with Crippen molar-refractivity contribution in [2.75, 3.05) is 0 Å². The molecule has 0 amide bonds. The number of hydrogen-bond acceptors (Lipinski definition) is 1. The van der Waals surface area contributed by atoms with Crippen molar-refractivity contribution in [3.8, 4) is 0 Å². The van der Waals surface area contributed by atoms with Gasteiger partial charge in [-0.15, -0.1) is 0 Å². The van der Waals surface area contributed by atoms with E-state index < -0.39 is 0 Å². The highest BCUT2D eigenvalue weighted by molar-refractivity contribution is 9.11. The van der Waals surface area contributed by atoms with Gasteiger partial charge in [0.15, 0.2) is 0 Å². The molecular weight excluding hydrogens is 234 g/mol. The minimum absolute atomic E-state index is 0.798. The number of hydrogen-bond donors (Lipinski definition) is 0. The Morgan fingerprint density at radius 2 is 1.75 bits per heavy atom. The molecule has 1 aromatic heterocycles. The number of halogens is 2. The van der Waals surface area contributed by atoms with Crippen LogP contribution in [0.4, 0.5) is 0 Å². The maximum Gasteiger partial charge on any atom is 0.108 e. The van der Waals surface area contributed by atoms with Crippen LogP contribution >= 0.6 is 31.9 Å². The van der Waals surface area contributed by atoms with Gasteiger partial charge in [-0.1, -0.05) is 0 Å². The average Bonchev–Trinajstić information content (AvgIpc) is 1.64. The van der Waals surface area contributed by atoms with E-state index in [1.54, 1.807) is 12.1 Å². The van der Waals surface area contributed by atoms with Gasteiger partial charge in [0.2, 0.25) is 0 Å². The quantitative estimate of drug-likeness (QED) is 0.630. The Hall–Kier alpha value is 0.110. The van der Waals surface area contributed by atoms with E-state index in [2.05, 4.69) is 42.9 Å². The predicted octanol–water partition coefficient (Wildman–Crippen LogP) is 2.41. The van der Waals surface area contributed by atoms with Crippen LogP contribution < -0.4 is 0 Å². The first-order valence-electron chi connectivity index (χ1n) is 1.98. The fraction of sp³-hybridized carbons (Fsp3) is 0. The molecule has 0 aromatic carbocycles. The molecule has 8 heavy (non-hydrogen) atoms. The zero-order chi connectivity index (χ0) is 5.98. The molecule has 0 atom stereocenters. The monoisotopic (exact) mass is 234 g/mol. The molecule has 1 nitrogen and oxygen atoms in total. The Morgan fingerprint density at radius 3 is 2.00 bits per heavy atom. The Morgan fingerprint density at radius 1 is 1.25 bits per heavy atom. The van der Waals surface area contributed by atoms with Crippen LogP contribution in [-0.4, -0.2) is 4.98 Å². The van der Waals surface area contributed by atoms with Crippen LogP contribution in [0.1, 0.15) is 0 Å². The van der Waals surface area contributed by atoms with Crippen molar-refractivity contribution in [3.05, 3.63) is 27.4 Å². The van der Waals surface area contributed by atoms with Gasteiger partial charge in [-0.05, 0) is 50.1 Å². The first-order chi connectivity index (χ1) is 3.79. The van der Waals surface area contributed by atoms with Gasteiger partial charge in [-0.25, -0.2) is 4.98 Å². The highest BCUT2D eigenvalue weighted by atomic mass is 79.9. The van der Waals surface area contributed by atoms with Gasteiger partial charge in [-0.2, -0.15) is 0 Å². The smallest absolute Gasteiger partial charge is 0.108 e. The lowest BCUT2D eigenvalue weighted by Gasteiger charge is -1.86. The Kier molecular flexibility index (Phi) is 2.02. The Balaban J connectivity index is 3.08. The molecule has 0 aliphatic rings. The van der Waals surface area contributed by atoms with E-state index in [0.717, 1.165) is 9.21 Å². The first-order valence-corrected chi connectivity index (χ1v) is 3.57. The molecule has 1 radical (unpaired) electrons. The molecule has 0 saturated carbocycles. The summed E-state index contributed by atoms with van der Waals surface area (Å²) in [5, 5.41) is 0. The lowest BCUT2D eigenvalue weighted by molar-refractivity contribution is 1.23. The van der Waals surface area contributed by atoms with Crippen molar-refractivity contribution < 1.29 is 0 Å². The molecule has 1 aromatic rings. The number of aromatic nitrogens is 1. The lowest BCUT2D eigenvalue weighted by atomic mass is 10.5. The van der Waals surface area contributed by atoms with Crippen LogP contribution in [0.3, 0.4) is 0 Å². The topological polar surface area (TPSA) is 12.9 Å². The summed E-state index contributed by atoms with van der Waals surface area (Å²) in [6.45, 7) is 0. The third-order valence-electron chi connectivity index (χ3n) is 0.618. The summed E-state index contributed by atoms with van der Waals surface area (Å²) < 4.78 is 1.60. The van der Waals surface area contributed by atoms with Crippen molar-refractivity contribution in [2.24, 2.45) is 0 Å². The van der Waals surface area contributed by atoms with Crippen molar-refractivity contribution in [2.45, 2.75) is 0 Å². The second-order valence-electron chi connectivity index (χ2n) is 1.21. The largest absolute Gasteiger partial charge is 0.234 e. The molecule has 0 saturated heterocycles. The van der Waals surface area contributed by atoms with Crippen molar-refractivity contribution >= 4 is 31.9 Å². The van der Waals surface area contributed by atoms with Crippen molar-refractivity contribution in [1.82, 2.24) is 4.98 Å². The molecule has 1 rings (SSSR count). The fourth-order valence-corrected chi connectivity index (χ4v) is 1.23. The third-order valence-corrected chi connectivity index (χ3v) is 1.43. The minimum atomic E-state index is 0.798. The van der Waals surface area contributed by atoms with Gasteiger partial charge < -0.3 is 0 Å². The van der Waals surface area contributed by atoms with Crippen LogP contribution in [0.15, 0.2) is 21.3 Å². The van der Waals surface area contributed by atoms with Gasteiger partial charge in [0, 0.05) is 0 Å². The number of pyridine rings is 1. The molecule has 0 fully saturated rings. The summed E-state index contributed by atoms with van der Waals surface area (Å²) in [6.07, 6.45) is 0. The molecular formula is C5H2Br2N. The molecule has 0 aliphatic heterocycles. The molecule has 0 N–H and O–H groups in total. The summed E-state index contributed by atoms with van der Waals surface area (Å²) >= 11 is 6.38. The first kappa shape index (κ1) is 6.23. The second kappa shape index (κ2) is 2.60. The maximum atomic E-state index is 3.98. The highest BCUT2D eigenvalue weighted by Crippen LogP contribution is 2.09. The number of rotatable bonds is 0. The van der Waals surface area contributed by atoms with Gasteiger partial charge in [0.05, 0.1) is 0 Å². The zero-order valence-electron chi connectivity index (χ0n) is 3.86. The fourth-order valence-electron chi connectivity index (χ4n) is 0.346. The summed E-state index contributed by atoms with van der Waals surface area (Å²) in [6, 6.07) is 6.38. The van der Waals surface area contributed by atoms with Crippen LogP contribution in [0.25, 0.3) is 0 Å². The molecule has 0 spiro atoms. The third kappa shape index (κ3) is 1.56. The van der Waals surface area contributed by atoms with E-state index in [1.807, 2.05) is 0 Å². The normalized spacial score (nSPS) is 9.25. The number of nitrogens with zero attached hydrogens (tertiary/aromatic N) is 1. The van der Waals surface area contributed by atoms with E-state index in [1.165, 1.54) is 0 Å². The van der Waals surface area contributed by atoms with Gasteiger partial charge in [-0.3, -0.25) is 0 Å². The SMILES string of the molecule is Brc1c[c]cc(Br)n1. The van der Waals surface area contributed by atoms with Crippen LogP contribution in [-0.2, 0) is 0 Å². The average molecular weight is 236 g/mol. The van der Waals surface area contributed by atoms with Crippen LogP contribution in [0.5, 0.6) is 0 Å². The molecule has 0 aliphatic carbocycles.